The van der Waals surface area contributed by atoms with Crippen molar-refractivity contribution in [3.63, 3.8) is 0 Å². The van der Waals surface area contributed by atoms with Crippen molar-refractivity contribution in [2.75, 3.05) is 0 Å². The summed E-state index contributed by atoms with van der Waals surface area (Å²) in [7, 11) is 0. The number of aromatic nitrogens is 2. The van der Waals surface area contributed by atoms with E-state index in [0.717, 1.165) is 12.8 Å². The third-order valence-corrected chi connectivity index (χ3v) is 2.49. The van der Waals surface area contributed by atoms with Crippen LogP contribution in [-0.2, 0) is 6.54 Å². The highest BCUT2D eigenvalue weighted by atomic mass is 16.2. The fraction of sp³-hybridized carbons (Fsp3) is 0.545. The zero-order valence-electron chi connectivity index (χ0n) is 9.67. The third-order valence-electron chi connectivity index (χ3n) is 2.49. The van der Waals surface area contributed by atoms with Gasteiger partial charge >= 0.3 is 5.69 Å². The van der Waals surface area contributed by atoms with Crippen LogP contribution in [0, 0.1) is 12.3 Å². The quantitative estimate of drug-likeness (QED) is 0.732. The number of hydrogen-bond acceptors (Lipinski definition) is 3. The molecule has 0 aromatic carbocycles. The summed E-state index contributed by atoms with van der Waals surface area (Å²) in [5.74, 6) is 0. The van der Waals surface area contributed by atoms with E-state index in [-0.39, 0.29) is 11.2 Å². The van der Waals surface area contributed by atoms with Gasteiger partial charge in [-0.1, -0.05) is 6.92 Å². The fourth-order valence-electron chi connectivity index (χ4n) is 1.42. The van der Waals surface area contributed by atoms with Crippen molar-refractivity contribution in [1.82, 2.24) is 9.55 Å². The largest absolute Gasteiger partial charge is 0.328 e. The van der Waals surface area contributed by atoms with Gasteiger partial charge in [-0.2, -0.15) is 0 Å². The van der Waals surface area contributed by atoms with Gasteiger partial charge in [-0.3, -0.25) is 9.78 Å². The number of rotatable bonds is 5. The molecule has 0 bridgehead atoms. The highest BCUT2D eigenvalue weighted by Crippen LogP contribution is 1.97. The second kappa shape index (κ2) is 5.44. The van der Waals surface area contributed by atoms with Gasteiger partial charge in [0.1, 0.15) is 0 Å². The van der Waals surface area contributed by atoms with Gasteiger partial charge in [0.2, 0.25) is 0 Å². The summed E-state index contributed by atoms with van der Waals surface area (Å²) < 4.78 is 1.49. The maximum atomic E-state index is 11.4. The van der Waals surface area contributed by atoms with Gasteiger partial charge in [0.05, 0.1) is 0 Å². The van der Waals surface area contributed by atoms with E-state index in [2.05, 4.69) is 4.98 Å². The number of nitrogens with zero attached hydrogens (tertiary/aromatic N) is 1. The van der Waals surface area contributed by atoms with Gasteiger partial charge in [-0.15, -0.1) is 0 Å². The molecule has 16 heavy (non-hydrogen) atoms. The lowest BCUT2D eigenvalue weighted by molar-refractivity contribution is 0.611. The number of hydrogen-bond donors (Lipinski definition) is 2. The van der Waals surface area contributed by atoms with E-state index in [9.17, 15) is 9.59 Å². The highest BCUT2D eigenvalue weighted by Gasteiger charge is 2.01. The molecule has 0 fully saturated rings. The average Bonchev–Trinajstić information content (AvgIpc) is 2.25. The van der Waals surface area contributed by atoms with Crippen LogP contribution < -0.4 is 11.2 Å². The summed E-state index contributed by atoms with van der Waals surface area (Å²) in [6, 6.07) is 0. The lowest BCUT2D eigenvalue weighted by atomic mass is 10.2. The maximum Gasteiger partial charge on any atom is 0.328 e. The smallest absolute Gasteiger partial charge is 0.310 e. The van der Waals surface area contributed by atoms with Crippen LogP contribution in [0.5, 0.6) is 0 Å². The molecule has 1 aromatic rings. The number of aryl methyl sites for hydroxylation is 2. The molecule has 5 nitrogen and oxygen atoms in total. The van der Waals surface area contributed by atoms with Gasteiger partial charge in [0, 0.05) is 24.0 Å². The van der Waals surface area contributed by atoms with Crippen molar-refractivity contribution in [3.8, 4) is 0 Å². The Morgan fingerprint density at radius 2 is 2.19 bits per heavy atom. The Labute approximate surface area is 93.6 Å². The minimum Gasteiger partial charge on any atom is -0.310 e. The normalized spacial score (nSPS) is 10.4. The summed E-state index contributed by atoms with van der Waals surface area (Å²) in [5.41, 5.74) is 0.514. The number of aromatic amines is 1. The first-order valence-electron chi connectivity index (χ1n) is 5.41. The lowest BCUT2D eigenvalue weighted by Gasteiger charge is -2.05. The predicted octanol–water partition coefficient (Wildman–Crippen LogP) is 1.05. The monoisotopic (exact) mass is 223 g/mol. The van der Waals surface area contributed by atoms with Crippen molar-refractivity contribution in [3.05, 3.63) is 32.6 Å². The molecule has 2 N–H and O–H groups in total. The molecular weight excluding hydrogens is 206 g/mol. The Morgan fingerprint density at radius 3 is 2.81 bits per heavy atom. The molecule has 0 aliphatic heterocycles. The van der Waals surface area contributed by atoms with E-state index in [4.69, 9.17) is 5.41 Å². The molecule has 1 heterocycles. The molecule has 88 valence electrons. The molecule has 5 heteroatoms. The lowest BCUT2D eigenvalue weighted by Crippen LogP contribution is -2.30. The molecule has 0 unspecified atom stereocenters. The van der Waals surface area contributed by atoms with Gasteiger partial charge in [0.25, 0.3) is 5.56 Å². The molecule has 0 aliphatic carbocycles. The van der Waals surface area contributed by atoms with Crippen LogP contribution in [0.1, 0.15) is 31.7 Å². The molecule has 0 aliphatic rings. The van der Waals surface area contributed by atoms with E-state index < -0.39 is 0 Å². The van der Waals surface area contributed by atoms with Crippen LogP contribution in [0.15, 0.2) is 15.8 Å². The van der Waals surface area contributed by atoms with E-state index >= 15 is 0 Å². The Hall–Kier alpha value is -1.65. The zero-order valence-corrected chi connectivity index (χ0v) is 9.67. The summed E-state index contributed by atoms with van der Waals surface area (Å²) in [4.78, 5) is 24.8. The van der Waals surface area contributed by atoms with Gasteiger partial charge < -0.3 is 9.98 Å². The second-order valence-electron chi connectivity index (χ2n) is 3.83. The summed E-state index contributed by atoms with van der Waals surface area (Å²) in [6.07, 6.45) is 3.76. The first kappa shape index (κ1) is 12.4. The average molecular weight is 223 g/mol. The SMILES string of the molecule is CCC(=N)CCCn1cc(C)c(=O)[nH]c1=O. The minimum atomic E-state index is -0.376. The van der Waals surface area contributed by atoms with Crippen molar-refractivity contribution in [2.24, 2.45) is 0 Å². The van der Waals surface area contributed by atoms with E-state index in [1.54, 1.807) is 13.1 Å². The predicted molar refractivity (Wildman–Crippen MR) is 63.3 cm³/mol. The van der Waals surface area contributed by atoms with Gasteiger partial charge in [-0.05, 0) is 26.2 Å². The minimum absolute atomic E-state index is 0.331. The molecule has 1 aromatic heterocycles. The topological polar surface area (TPSA) is 78.7 Å². The van der Waals surface area contributed by atoms with Crippen molar-refractivity contribution in [2.45, 2.75) is 39.7 Å². The van der Waals surface area contributed by atoms with Crippen molar-refractivity contribution >= 4 is 5.71 Å². The fourth-order valence-corrected chi connectivity index (χ4v) is 1.42. The van der Waals surface area contributed by atoms with E-state index in [1.807, 2.05) is 6.92 Å². The molecule has 0 radical (unpaired) electrons. The summed E-state index contributed by atoms with van der Waals surface area (Å²) in [6.45, 7) is 4.15. The van der Waals surface area contributed by atoms with Gasteiger partial charge in [0.15, 0.2) is 0 Å². The van der Waals surface area contributed by atoms with Crippen LogP contribution in [-0.4, -0.2) is 15.3 Å². The Kier molecular flexibility index (Phi) is 4.22. The Bertz CT molecular complexity index is 485. The molecule has 0 atom stereocenters. The zero-order chi connectivity index (χ0) is 12.1. The molecule has 0 amide bonds. The summed E-state index contributed by atoms with van der Waals surface area (Å²) in [5, 5.41) is 7.49. The highest BCUT2D eigenvalue weighted by molar-refractivity contribution is 5.80. The first-order chi connectivity index (χ1) is 7.54. The van der Waals surface area contributed by atoms with Crippen molar-refractivity contribution < 1.29 is 0 Å². The Morgan fingerprint density at radius 1 is 1.50 bits per heavy atom. The third kappa shape index (κ3) is 3.18. The molecular formula is C11H17N3O2. The van der Waals surface area contributed by atoms with Crippen molar-refractivity contribution in [1.29, 1.82) is 5.41 Å². The van der Waals surface area contributed by atoms with Crippen LogP contribution in [0.2, 0.25) is 0 Å². The van der Waals surface area contributed by atoms with Crippen LogP contribution in [0.3, 0.4) is 0 Å². The Balaban J connectivity index is 2.68. The second-order valence-corrected chi connectivity index (χ2v) is 3.83. The molecule has 0 saturated heterocycles. The maximum absolute atomic E-state index is 11.4. The van der Waals surface area contributed by atoms with E-state index in [1.165, 1.54) is 4.57 Å². The van der Waals surface area contributed by atoms with Crippen LogP contribution >= 0.6 is 0 Å². The van der Waals surface area contributed by atoms with Crippen LogP contribution in [0.25, 0.3) is 0 Å². The van der Waals surface area contributed by atoms with Gasteiger partial charge in [-0.25, -0.2) is 4.79 Å². The number of H-pyrrole nitrogens is 1. The first-order valence-corrected chi connectivity index (χ1v) is 5.41. The number of nitrogens with one attached hydrogen (secondary N) is 2. The summed E-state index contributed by atoms with van der Waals surface area (Å²) >= 11 is 0. The molecule has 0 spiro atoms. The van der Waals surface area contributed by atoms with Crippen LogP contribution in [0.4, 0.5) is 0 Å². The molecule has 1 rings (SSSR count). The molecule has 0 saturated carbocycles. The standard InChI is InChI=1S/C11H17N3O2/c1-3-9(12)5-4-6-14-7-8(2)10(15)13-11(14)16/h7,12H,3-6H2,1-2H3,(H,13,15,16). The van der Waals surface area contributed by atoms with E-state index in [0.29, 0.717) is 24.2 Å².